The lowest BCUT2D eigenvalue weighted by atomic mass is 10.1. The van der Waals surface area contributed by atoms with Crippen LogP contribution in [0, 0.1) is 0 Å². The molecule has 0 saturated carbocycles. The molecular formula is C16H24O3. The van der Waals surface area contributed by atoms with E-state index in [0.29, 0.717) is 13.2 Å². The lowest BCUT2D eigenvalue weighted by molar-refractivity contribution is -0.151. The highest BCUT2D eigenvalue weighted by Crippen LogP contribution is 2.30. The lowest BCUT2D eigenvalue weighted by Gasteiger charge is -2.16. The van der Waals surface area contributed by atoms with E-state index in [-0.39, 0.29) is 12.2 Å². The van der Waals surface area contributed by atoms with Gasteiger partial charge in [0.2, 0.25) is 0 Å². The fraction of sp³-hybridized carbons (Fsp3) is 0.625. The van der Waals surface area contributed by atoms with Gasteiger partial charge in [-0.3, -0.25) is 0 Å². The smallest absolute Gasteiger partial charge is 0.163 e. The Balaban J connectivity index is 1.81. The summed E-state index contributed by atoms with van der Waals surface area (Å²) in [6.45, 7) is 7.30. The number of benzene rings is 1. The van der Waals surface area contributed by atoms with Gasteiger partial charge < -0.3 is 14.2 Å². The standard InChI is InChI=1S/C16H24O3/c1-4-8-14-15(19-16(2,3)18-14)12-17-11-13-9-6-5-7-10-13/h5-7,9-10,14-15H,4,8,11-12H2,1-3H3/t14-,15+/m0/s1. The summed E-state index contributed by atoms with van der Waals surface area (Å²) in [5, 5.41) is 0. The highest BCUT2D eigenvalue weighted by molar-refractivity contribution is 5.13. The zero-order valence-electron chi connectivity index (χ0n) is 12.1. The third kappa shape index (κ3) is 4.30. The zero-order valence-corrected chi connectivity index (χ0v) is 12.1. The van der Waals surface area contributed by atoms with Crippen molar-refractivity contribution in [3.63, 3.8) is 0 Å². The molecule has 1 fully saturated rings. The summed E-state index contributed by atoms with van der Waals surface area (Å²) in [5.74, 6) is -0.486. The highest BCUT2D eigenvalue weighted by Gasteiger charge is 2.40. The van der Waals surface area contributed by atoms with Crippen LogP contribution in [0.15, 0.2) is 30.3 Å². The molecule has 0 N–H and O–H groups in total. The predicted octanol–water partition coefficient (Wildman–Crippen LogP) is 3.52. The second-order valence-corrected chi connectivity index (χ2v) is 5.50. The minimum absolute atomic E-state index is 0.0404. The number of rotatable bonds is 6. The van der Waals surface area contributed by atoms with Gasteiger partial charge in [-0.25, -0.2) is 0 Å². The molecule has 3 nitrogen and oxygen atoms in total. The molecule has 0 aromatic heterocycles. The van der Waals surface area contributed by atoms with Gasteiger partial charge in [-0.1, -0.05) is 43.7 Å². The summed E-state index contributed by atoms with van der Waals surface area (Å²) in [6, 6.07) is 10.2. The van der Waals surface area contributed by atoms with Gasteiger partial charge in [-0.2, -0.15) is 0 Å². The highest BCUT2D eigenvalue weighted by atomic mass is 16.8. The maximum Gasteiger partial charge on any atom is 0.163 e. The second-order valence-electron chi connectivity index (χ2n) is 5.50. The minimum atomic E-state index is -0.486. The van der Waals surface area contributed by atoms with E-state index < -0.39 is 5.79 Å². The molecule has 1 aliphatic rings. The SMILES string of the molecule is CCC[C@@H]1OC(C)(C)O[C@@H]1COCc1ccccc1. The van der Waals surface area contributed by atoms with E-state index in [1.165, 1.54) is 5.56 Å². The topological polar surface area (TPSA) is 27.7 Å². The molecule has 1 aliphatic heterocycles. The molecule has 0 bridgehead atoms. The molecule has 3 heteroatoms. The van der Waals surface area contributed by atoms with Gasteiger partial charge in [-0.05, 0) is 25.8 Å². The van der Waals surface area contributed by atoms with Gasteiger partial charge in [-0.15, -0.1) is 0 Å². The first-order valence-electron chi connectivity index (χ1n) is 7.08. The van der Waals surface area contributed by atoms with Crippen molar-refractivity contribution >= 4 is 0 Å². The Labute approximate surface area is 115 Å². The second kappa shape index (κ2) is 6.51. The van der Waals surface area contributed by atoms with Crippen LogP contribution in [0.25, 0.3) is 0 Å². The molecule has 1 aromatic rings. The van der Waals surface area contributed by atoms with Crippen LogP contribution in [0.3, 0.4) is 0 Å². The van der Waals surface area contributed by atoms with Crippen LogP contribution in [-0.4, -0.2) is 24.6 Å². The summed E-state index contributed by atoms with van der Waals surface area (Å²) < 4.78 is 17.6. The Morgan fingerprint density at radius 1 is 1.11 bits per heavy atom. The molecule has 2 atom stereocenters. The van der Waals surface area contributed by atoms with Gasteiger partial charge in [0, 0.05) is 0 Å². The first-order chi connectivity index (χ1) is 9.11. The van der Waals surface area contributed by atoms with E-state index in [1.54, 1.807) is 0 Å². The van der Waals surface area contributed by atoms with E-state index in [4.69, 9.17) is 14.2 Å². The average molecular weight is 264 g/mol. The van der Waals surface area contributed by atoms with Gasteiger partial charge in [0.15, 0.2) is 5.79 Å². The average Bonchev–Trinajstić information content (AvgIpc) is 2.66. The first-order valence-corrected chi connectivity index (χ1v) is 7.08. The first kappa shape index (κ1) is 14.5. The Morgan fingerprint density at radius 3 is 2.47 bits per heavy atom. The molecular weight excluding hydrogens is 240 g/mol. The number of hydrogen-bond donors (Lipinski definition) is 0. The minimum Gasteiger partial charge on any atom is -0.374 e. The van der Waals surface area contributed by atoms with Crippen LogP contribution >= 0.6 is 0 Å². The van der Waals surface area contributed by atoms with Crippen molar-refractivity contribution in [2.45, 2.75) is 58.2 Å². The lowest BCUT2D eigenvalue weighted by Crippen LogP contribution is -2.27. The van der Waals surface area contributed by atoms with Crippen molar-refractivity contribution in [3.05, 3.63) is 35.9 Å². The van der Waals surface area contributed by atoms with E-state index in [2.05, 4.69) is 19.1 Å². The molecule has 0 unspecified atom stereocenters. The molecule has 1 saturated heterocycles. The zero-order chi connectivity index (χ0) is 13.7. The third-order valence-electron chi connectivity index (χ3n) is 3.25. The van der Waals surface area contributed by atoms with Crippen LogP contribution in [0.1, 0.15) is 39.2 Å². The van der Waals surface area contributed by atoms with Crippen LogP contribution < -0.4 is 0 Å². The third-order valence-corrected chi connectivity index (χ3v) is 3.25. The van der Waals surface area contributed by atoms with Crippen LogP contribution in [0.5, 0.6) is 0 Å². The van der Waals surface area contributed by atoms with E-state index in [1.807, 2.05) is 32.0 Å². The molecule has 1 heterocycles. The van der Waals surface area contributed by atoms with E-state index in [9.17, 15) is 0 Å². The number of ether oxygens (including phenoxy) is 3. The maximum absolute atomic E-state index is 5.90. The van der Waals surface area contributed by atoms with Gasteiger partial charge in [0.1, 0.15) is 6.10 Å². The Kier molecular flexibility index (Phi) is 4.97. The van der Waals surface area contributed by atoms with Crippen molar-refractivity contribution in [1.82, 2.24) is 0 Å². The quantitative estimate of drug-likeness (QED) is 0.786. The maximum atomic E-state index is 5.90. The number of hydrogen-bond acceptors (Lipinski definition) is 3. The predicted molar refractivity (Wildman–Crippen MR) is 74.8 cm³/mol. The van der Waals surface area contributed by atoms with Gasteiger partial charge in [0.25, 0.3) is 0 Å². The van der Waals surface area contributed by atoms with Crippen molar-refractivity contribution in [2.24, 2.45) is 0 Å². The molecule has 1 aromatic carbocycles. The molecule has 2 rings (SSSR count). The Hall–Kier alpha value is -0.900. The van der Waals surface area contributed by atoms with E-state index >= 15 is 0 Å². The summed E-state index contributed by atoms with van der Waals surface area (Å²) in [4.78, 5) is 0. The fourth-order valence-corrected chi connectivity index (χ4v) is 2.45. The van der Waals surface area contributed by atoms with Gasteiger partial charge in [0.05, 0.1) is 19.3 Å². The molecule has 0 amide bonds. The van der Waals surface area contributed by atoms with Crippen LogP contribution in [0.2, 0.25) is 0 Å². The normalized spacial score (nSPS) is 25.6. The molecule has 0 radical (unpaired) electrons. The summed E-state index contributed by atoms with van der Waals surface area (Å²) in [7, 11) is 0. The fourth-order valence-electron chi connectivity index (χ4n) is 2.45. The van der Waals surface area contributed by atoms with E-state index in [0.717, 1.165) is 12.8 Å². The summed E-state index contributed by atoms with van der Waals surface area (Å²) in [5.41, 5.74) is 1.19. The monoisotopic (exact) mass is 264 g/mol. The molecule has 19 heavy (non-hydrogen) atoms. The van der Waals surface area contributed by atoms with Crippen molar-refractivity contribution in [3.8, 4) is 0 Å². The largest absolute Gasteiger partial charge is 0.374 e. The van der Waals surface area contributed by atoms with Crippen LogP contribution in [0.4, 0.5) is 0 Å². The molecule has 0 spiro atoms. The molecule has 0 aliphatic carbocycles. The summed E-state index contributed by atoms with van der Waals surface area (Å²) in [6.07, 6.45) is 2.30. The Bertz CT molecular complexity index is 375. The van der Waals surface area contributed by atoms with Crippen molar-refractivity contribution in [2.75, 3.05) is 6.61 Å². The van der Waals surface area contributed by atoms with Gasteiger partial charge >= 0.3 is 0 Å². The van der Waals surface area contributed by atoms with Crippen molar-refractivity contribution in [1.29, 1.82) is 0 Å². The van der Waals surface area contributed by atoms with Crippen LogP contribution in [-0.2, 0) is 20.8 Å². The summed E-state index contributed by atoms with van der Waals surface area (Å²) >= 11 is 0. The molecule has 106 valence electrons. The Morgan fingerprint density at radius 2 is 1.79 bits per heavy atom. The van der Waals surface area contributed by atoms with Crippen molar-refractivity contribution < 1.29 is 14.2 Å².